The first kappa shape index (κ1) is 19.7. The van der Waals surface area contributed by atoms with Gasteiger partial charge in [-0.3, -0.25) is 0 Å². The summed E-state index contributed by atoms with van der Waals surface area (Å²) in [5.41, 5.74) is 1.09. The molecule has 8 nitrogen and oxygen atoms in total. The molecule has 3 heterocycles. The van der Waals surface area contributed by atoms with Crippen LogP contribution in [0.25, 0.3) is 0 Å². The number of thiophene rings is 1. The Kier molecular flexibility index (Phi) is 6.37. The van der Waals surface area contributed by atoms with Crippen LogP contribution in [0.2, 0.25) is 0 Å². The van der Waals surface area contributed by atoms with Gasteiger partial charge in [0, 0.05) is 19.3 Å². The summed E-state index contributed by atoms with van der Waals surface area (Å²) in [6.07, 6.45) is 1.72. The first-order chi connectivity index (χ1) is 12.9. The van der Waals surface area contributed by atoms with Crippen molar-refractivity contribution in [2.24, 2.45) is 0 Å². The van der Waals surface area contributed by atoms with Gasteiger partial charge < -0.3 is 10.6 Å². The molecule has 0 fully saturated rings. The molecule has 0 saturated carbocycles. The van der Waals surface area contributed by atoms with Crippen molar-refractivity contribution < 1.29 is 8.42 Å². The number of rotatable bonds is 8. The van der Waals surface area contributed by atoms with Gasteiger partial charge in [0.15, 0.2) is 5.82 Å². The number of aromatic nitrogens is 3. The van der Waals surface area contributed by atoms with E-state index in [9.17, 15) is 8.42 Å². The van der Waals surface area contributed by atoms with Crippen LogP contribution in [0.5, 0.6) is 0 Å². The summed E-state index contributed by atoms with van der Waals surface area (Å²) in [5.74, 6) is 1.82. The molecule has 3 rings (SSSR count). The van der Waals surface area contributed by atoms with Crippen LogP contribution in [0.4, 0.5) is 17.5 Å². The highest BCUT2D eigenvalue weighted by Gasteiger charge is 2.15. The SMILES string of the molecule is Cc1ccnc(Nc2ccc(NCCNS(=O)(=O)c3ccc(Br)s3)nn2)c1. The van der Waals surface area contributed by atoms with Crippen molar-refractivity contribution in [2.75, 3.05) is 23.7 Å². The summed E-state index contributed by atoms with van der Waals surface area (Å²) >= 11 is 4.42. The third-order valence-electron chi connectivity index (χ3n) is 3.37. The van der Waals surface area contributed by atoms with Crippen molar-refractivity contribution in [3.63, 3.8) is 0 Å². The van der Waals surface area contributed by atoms with Crippen molar-refractivity contribution in [1.82, 2.24) is 19.9 Å². The monoisotopic (exact) mass is 468 g/mol. The lowest BCUT2D eigenvalue weighted by molar-refractivity contribution is 0.585. The van der Waals surface area contributed by atoms with Gasteiger partial charge in [-0.15, -0.1) is 21.5 Å². The Labute approximate surface area is 169 Å². The number of pyridine rings is 1. The van der Waals surface area contributed by atoms with E-state index in [1.807, 2.05) is 19.1 Å². The van der Waals surface area contributed by atoms with Crippen LogP contribution < -0.4 is 15.4 Å². The highest BCUT2D eigenvalue weighted by atomic mass is 79.9. The fraction of sp³-hybridized carbons (Fsp3) is 0.188. The van der Waals surface area contributed by atoms with Gasteiger partial charge in [-0.25, -0.2) is 18.1 Å². The molecule has 0 amide bonds. The average Bonchev–Trinajstić information content (AvgIpc) is 3.08. The van der Waals surface area contributed by atoms with Crippen LogP contribution in [0, 0.1) is 6.92 Å². The molecule has 0 aliphatic heterocycles. The standard InChI is InChI=1S/C16H17BrN6O2S2/c1-11-6-7-18-15(10-11)21-14-4-3-13(22-23-14)19-8-9-20-27(24,25)16-5-2-12(17)26-16/h2-7,10,20H,8-9H2,1H3,(H,19,22)(H,18,21,23). The molecular formula is C16H17BrN6O2S2. The molecule has 3 N–H and O–H groups in total. The number of hydrogen-bond acceptors (Lipinski definition) is 8. The lowest BCUT2D eigenvalue weighted by Crippen LogP contribution is -2.28. The normalized spacial score (nSPS) is 11.3. The number of nitrogens with one attached hydrogen (secondary N) is 3. The fourth-order valence-corrected chi connectivity index (χ4v) is 5.20. The number of sulfonamides is 1. The van der Waals surface area contributed by atoms with E-state index in [0.29, 0.717) is 24.0 Å². The van der Waals surface area contributed by atoms with Crippen molar-refractivity contribution >= 4 is 54.7 Å². The first-order valence-electron chi connectivity index (χ1n) is 7.95. The average molecular weight is 469 g/mol. The Morgan fingerprint density at radius 1 is 1.04 bits per heavy atom. The van der Waals surface area contributed by atoms with Crippen LogP contribution in [0.15, 0.2) is 50.6 Å². The number of hydrogen-bond donors (Lipinski definition) is 3. The summed E-state index contributed by atoms with van der Waals surface area (Å²) in [6, 6.07) is 10.6. The van der Waals surface area contributed by atoms with Gasteiger partial charge in [0.25, 0.3) is 0 Å². The maximum absolute atomic E-state index is 12.1. The van der Waals surface area contributed by atoms with Gasteiger partial charge in [0.1, 0.15) is 15.8 Å². The van der Waals surface area contributed by atoms with Gasteiger partial charge in [-0.1, -0.05) is 0 Å². The molecule has 0 aliphatic carbocycles. The quantitative estimate of drug-likeness (QED) is 0.435. The van der Waals surface area contributed by atoms with Gasteiger partial charge in [-0.2, -0.15) is 0 Å². The Hall–Kier alpha value is -2.08. The Morgan fingerprint density at radius 2 is 1.81 bits per heavy atom. The van der Waals surface area contributed by atoms with E-state index in [4.69, 9.17) is 0 Å². The topological polar surface area (TPSA) is 109 Å². The molecule has 11 heteroatoms. The molecule has 0 atom stereocenters. The molecule has 0 aromatic carbocycles. The highest BCUT2D eigenvalue weighted by Crippen LogP contribution is 2.25. The number of aryl methyl sites for hydroxylation is 1. The maximum Gasteiger partial charge on any atom is 0.250 e. The summed E-state index contributed by atoms with van der Waals surface area (Å²) < 4.78 is 27.8. The third kappa shape index (κ3) is 5.70. The molecule has 0 saturated heterocycles. The molecule has 27 heavy (non-hydrogen) atoms. The smallest absolute Gasteiger partial charge is 0.250 e. The minimum absolute atomic E-state index is 0.229. The van der Waals surface area contributed by atoms with Crippen molar-refractivity contribution in [3.8, 4) is 0 Å². The molecular weight excluding hydrogens is 452 g/mol. The fourth-order valence-electron chi connectivity index (χ4n) is 2.12. The summed E-state index contributed by atoms with van der Waals surface area (Å²) in [7, 11) is -3.49. The molecule has 3 aromatic rings. The van der Waals surface area contributed by atoms with Crippen molar-refractivity contribution in [3.05, 3.63) is 51.9 Å². The molecule has 0 radical (unpaired) electrons. The highest BCUT2D eigenvalue weighted by molar-refractivity contribution is 9.11. The zero-order valence-corrected chi connectivity index (χ0v) is 17.5. The molecule has 0 unspecified atom stereocenters. The predicted octanol–water partition coefficient (Wildman–Crippen LogP) is 3.14. The van der Waals surface area contributed by atoms with Gasteiger partial charge in [0.2, 0.25) is 10.0 Å². The zero-order valence-electron chi connectivity index (χ0n) is 14.3. The van der Waals surface area contributed by atoms with Crippen LogP contribution in [-0.2, 0) is 10.0 Å². The Balaban J connectivity index is 1.47. The second kappa shape index (κ2) is 8.74. The molecule has 0 spiro atoms. The number of halogens is 1. The summed E-state index contributed by atoms with van der Waals surface area (Å²) in [6.45, 7) is 2.59. The van der Waals surface area contributed by atoms with E-state index in [0.717, 1.165) is 20.7 Å². The van der Waals surface area contributed by atoms with Crippen LogP contribution in [0.1, 0.15) is 5.56 Å². The lowest BCUT2D eigenvalue weighted by Gasteiger charge is -2.08. The predicted molar refractivity (Wildman–Crippen MR) is 110 cm³/mol. The summed E-state index contributed by atoms with van der Waals surface area (Å²) in [5, 5.41) is 14.2. The van der Waals surface area contributed by atoms with E-state index in [2.05, 4.69) is 46.5 Å². The second-order valence-corrected chi connectivity index (χ2v) is 9.99. The van der Waals surface area contributed by atoms with Gasteiger partial charge in [-0.05, 0) is 64.8 Å². The minimum Gasteiger partial charge on any atom is -0.367 e. The zero-order chi connectivity index (χ0) is 19.3. The van der Waals surface area contributed by atoms with Crippen LogP contribution >= 0.6 is 27.3 Å². The van der Waals surface area contributed by atoms with Crippen LogP contribution in [0.3, 0.4) is 0 Å². The number of anilines is 3. The van der Waals surface area contributed by atoms with E-state index in [-0.39, 0.29) is 10.8 Å². The second-order valence-electron chi connectivity index (χ2n) is 5.53. The van der Waals surface area contributed by atoms with Crippen molar-refractivity contribution in [2.45, 2.75) is 11.1 Å². The molecule has 0 aliphatic rings. The van der Waals surface area contributed by atoms with E-state index in [1.54, 1.807) is 30.5 Å². The summed E-state index contributed by atoms with van der Waals surface area (Å²) in [4.78, 5) is 4.21. The first-order valence-corrected chi connectivity index (χ1v) is 11.0. The number of nitrogens with zero attached hydrogens (tertiary/aromatic N) is 3. The molecule has 142 valence electrons. The minimum atomic E-state index is -3.49. The third-order valence-corrected chi connectivity index (χ3v) is 6.95. The maximum atomic E-state index is 12.1. The largest absolute Gasteiger partial charge is 0.367 e. The van der Waals surface area contributed by atoms with Gasteiger partial charge >= 0.3 is 0 Å². The Bertz CT molecular complexity index is 1010. The molecule has 3 aromatic heterocycles. The lowest BCUT2D eigenvalue weighted by atomic mass is 10.3. The van der Waals surface area contributed by atoms with E-state index in [1.165, 1.54) is 0 Å². The van der Waals surface area contributed by atoms with Crippen LogP contribution in [-0.4, -0.2) is 36.7 Å². The molecule has 0 bridgehead atoms. The van der Waals surface area contributed by atoms with Gasteiger partial charge in [0.05, 0.1) is 3.79 Å². The van der Waals surface area contributed by atoms with Crippen molar-refractivity contribution in [1.29, 1.82) is 0 Å². The Morgan fingerprint density at radius 3 is 2.48 bits per heavy atom. The van der Waals surface area contributed by atoms with E-state index >= 15 is 0 Å². The van der Waals surface area contributed by atoms with E-state index < -0.39 is 10.0 Å².